The Morgan fingerprint density at radius 3 is 2.50 bits per heavy atom. The first-order valence-electron chi connectivity index (χ1n) is 13.8. The summed E-state index contributed by atoms with van der Waals surface area (Å²) < 4.78 is 68.3. The number of aromatic nitrogens is 5. The molecule has 0 radical (unpaired) electrons. The van der Waals surface area contributed by atoms with Crippen molar-refractivity contribution in [1.29, 1.82) is 0 Å². The number of amides is 1. The molecule has 1 aliphatic heterocycles. The lowest BCUT2D eigenvalue weighted by atomic mass is 10.0. The van der Waals surface area contributed by atoms with Gasteiger partial charge in [-0.1, -0.05) is 6.92 Å². The number of alkyl halides is 5. The average Bonchev–Trinajstić information content (AvgIpc) is 3.79. The van der Waals surface area contributed by atoms with Crippen molar-refractivity contribution in [3.05, 3.63) is 59.8 Å². The van der Waals surface area contributed by atoms with Gasteiger partial charge in [-0.3, -0.25) is 13.9 Å². The lowest BCUT2D eigenvalue weighted by molar-refractivity contribution is -0.141. The molecule has 0 atom stereocenters. The third-order valence-corrected chi connectivity index (χ3v) is 6.36. The number of halogens is 5. The molecule has 3 aromatic heterocycles. The summed E-state index contributed by atoms with van der Waals surface area (Å²) in [5.74, 6) is -0.191. The van der Waals surface area contributed by atoms with Crippen LogP contribution in [0.3, 0.4) is 0 Å². The van der Waals surface area contributed by atoms with Crippen molar-refractivity contribution in [2.24, 2.45) is 5.73 Å². The second-order valence-electron chi connectivity index (χ2n) is 9.30. The summed E-state index contributed by atoms with van der Waals surface area (Å²) >= 11 is 0. The molecular weight excluding hydrogens is 589 g/mol. The maximum atomic E-state index is 13.6. The van der Waals surface area contributed by atoms with Gasteiger partial charge >= 0.3 is 6.18 Å². The number of fused-ring (bicyclic) bond motifs is 1. The topological polar surface area (TPSA) is 144 Å². The number of nitrogens with zero attached hydrogens (tertiary/aromatic N) is 5. The van der Waals surface area contributed by atoms with E-state index >= 15 is 0 Å². The Morgan fingerprint density at radius 2 is 1.91 bits per heavy atom. The SMILES string of the molecule is C1CCNC1.CCc1cc(Nc2nccn3c(-c4cn(CC(F)F)nc4C(F)(F)F)cnc23)ccc1C(=O)NCC=O.CN. The fourth-order valence-corrected chi connectivity index (χ4v) is 4.44. The monoisotopic (exact) mass is 623 g/mol. The number of carbonyl (C=O) groups is 2. The molecule has 1 aromatic carbocycles. The maximum Gasteiger partial charge on any atom is 0.435 e. The van der Waals surface area contributed by atoms with E-state index in [-0.39, 0.29) is 23.7 Å². The van der Waals surface area contributed by atoms with Gasteiger partial charge in [0.05, 0.1) is 24.0 Å². The van der Waals surface area contributed by atoms with E-state index in [1.54, 1.807) is 18.2 Å². The number of aldehydes is 1. The fraction of sp³-hybridized carbons (Fsp3) is 0.393. The van der Waals surface area contributed by atoms with Crippen molar-refractivity contribution in [3.63, 3.8) is 0 Å². The van der Waals surface area contributed by atoms with Gasteiger partial charge in [-0.05, 0) is 63.2 Å². The number of hydrogen-bond donors (Lipinski definition) is 4. The van der Waals surface area contributed by atoms with E-state index in [0.29, 0.717) is 34.2 Å². The first-order chi connectivity index (χ1) is 21.1. The van der Waals surface area contributed by atoms with Gasteiger partial charge in [0.2, 0.25) is 0 Å². The number of benzene rings is 1. The van der Waals surface area contributed by atoms with Gasteiger partial charge in [0, 0.05) is 29.8 Å². The molecule has 1 aliphatic rings. The van der Waals surface area contributed by atoms with E-state index in [2.05, 4.69) is 36.8 Å². The summed E-state index contributed by atoms with van der Waals surface area (Å²) in [7, 11) is 1.50. The normalized spacial score (nSPS) is 12.8. The van der Waals surface area contributed by atoms with Crippen LogP contribution in [0.15, 0.2) is 43.0 Å². The van der Waals surface area contributed by atoms with Crippen LogP contribution in [0.4, 0.5) is 33.5 Å². The molecule has 1 fully saturated rings. The third-order valence-electron chi connectivity index (χ3n) is 6.36. The predicted octanol–water partition coefficient (Wildman–Crippen LogP) is 4.06. The molecule has 11 nitrogen and oxygen atoms in total. The largest absolute Gasteiger partial charge is 0.435 e. The number of hydrogen-bond acceptors (Lipinski definition) is 8. The number of carbonyl (C=O) groups excluding carboxylic acids is 2. The average molecular weight is 624 g/mol. The highest BCUT2D eigenvalue weighted by molar-refractivity contribution is 5.97. The smallest absolute Gasteiger partial charge is 0.345 e. The Labute approximate surface area is 250 Å². The third kappa shape index (κ3) is 8.57. The van der Waals surface area contributed by atoms with E-state index in [9.17, 15) is 31.5 Å². The standard InChI is InChI=1S/C23H20F5N7O2.C4H9N.CH5N/c1-2-13-9-14(3-4-15(13)22(37)30-6-8-36)32-20-21-31-10-17(35(21)7-5-29-20)16-11-34(12-18(24)25)33-19(16)23(26,27)28;1-2-4-5-3-1;1-2/h3-5,7-11,18H,2,6,12H2,1H3,(H,29,32)(H,30,37);5H,1-4H2;2H2,1H3. The Kier molecular flexibility index (Phi) is 12.3. The number of nitrogens with two attached hydrogens (primary N) is 1. The zero-order valence-corrected chi connectivity index (χ0v) is 24.2. The van der Waals surface area contributed by atoms with Crippen LogP contribution in [-0.4, -0.2) is 69.4 Å². The Hall–Kier alpha value is -4.44. The van der Waals surface area contributed by atoms with Crippen LogP contribution < -0.4 is 21.7 Å². The second kappa shape index (κ2) is 15.9. The maximum absolute atomic E-state index is 13.6. The second-order valence-corrected chi connectivity index (χ2v) is 9.30. The van der Waals surface area contributed by atoms with Crippen molar-refractivity contribution >= 4 is 29.3 Å². The molecule has 0 aliphatic carbocycles. The van der Waals surface area contributed by atoms with Crippen molar-refractivity contribution in [2.45, 2.75) is 45.3 Å². The molecule has 5 N–H and O–H groups in total. The molecule has 0 spiro atoms. The molecule has 1 saturated heterocycles. The van der Waals surface area contributed by atoms with E-state index in [1.807, 2.05) is 6.92 Å². The van der Waals surface area contributed by atoms with Crippen LogP contribution in [0.2, 0.25) is 0 Å². The first-order valence-corrected chi connectivity index (χ1v) is 13.8. The van der Waals surface area contributed by atoms with Crippen LogP contribution in [0.1, 0.15) is 41.4 Å². The molecule has 0 saturated carbocycles. The fourth-order valence-electron chi connectivity index (χ4n) is 4.44. The zero-order chi connectivity index (χ0) is 32.3. The van der Waals surface area contributed by atoms with Crippen molar-refractivity contribution in [1.82, 2.24) is 34.8 Å². The van der Waals surface area contributed by atoms with Gasteiger partial charge < -0.3 is 26.5 Å². The highest BCUT2D eigenvalue weighted by Crippen LogP contribution is 2.37. The Balaban J connectivity index is 0.000000675. The van der Waals surface area contributed by atoms with E-state index in [1.165, 1.54) is 56.0 Å². The van der Waals surface area contributed by atoms with Crippen molar-refractivity contribution in [2.75, 3.05) is 32.0 Å². The summed E-state index contributed by atoms with van der Waals surface area (Å²) in [4.78, 5) is 31.2. The summed E-state index contributed by atoms with van der Waals surface area (Å²) in [5.41, 5.74) is 4.57. The number of anilines is 2. The molecular formula is C28H34F5N9O2. The molecule has 4 aromatic rings. The molecule has 0 unspecified atom stereocenters. The first kappa shape index (κ1) is 34.1. The van der Waals surface area contributed by atoms with Gasteiger partial charge in [0.25, 0.3) is 12.3 Å². The van der Waals surface area contributed by atoms with Gasteiger partial charge in [0.1, 0.15) is 12.8 Å². The quantitative estimate of drug-likeness (QED) is 0.162. The lowest BCUT2D eigenvalue weighted by Crippen LogP contribution is -2.26. The Morgan fingerprint density at radius 1 is 1.18 bits per heavy atom. The molecule has 0 bridgehead atoms. The van der Waals surface area contributed by atoms with Crippen LogP contribution in [-0.2, 0) is 23.9 Å². The minimum Gasteiger partial charge on any atom is -0.345 e. The van der Waals surface area contributed by atoms with E-state index < -0.39 is 36.3 Å². The van der Waals surface area contributed by atoms with Gasteiger partial charge in [-0.2, -0.15) is 18.3 Å². The van der Waals surface area contributed by atoms with Crippen LogP contribution in [0.5, 0.6) is 0 Å². The van der Waals surface area contributed by atoms with Gasteiger partial charge in [-0.25, -0.2) is 18.7 Å². The van der Waals surface area contributed by atoms with Gasteiger partial charge in [-0.15, -0.1) is 0 Å². The minimum absolute atomic E-state index is 0.00950. The van der Waals surface area contributed by atoms with Crippen LogP contribution in [0, 0.1) is 0 Å². The predicted molar refractivity (Wildman–Crippen MR) is 155 cm³/mol. The van der Waals surface area contributed by atoms with E-state index in [0.717, 1.165) is 6.20 Å². The molecule has 5 rings (SSSR count). The van der Waals surface area contributed by atoms with Crippen molar-refractivity contribution in [3.8, 4) is 11.3 Å². The summed E-state index contributed by atoms with van der Waals surface area (Å²) in [6.07, 6.45) is 0.931. The van der Waals surface area contributed by atoms with E-state index in [4.69, 9.17) is 0 Å². The molecule has 16 heteroatoms. The number of aryl methyl sites for hydroxylation is 1. The van der Waals surface area contributed by atoms with Crippen LogP contribution >= 0.6 is 0 Å². The highest BCUT2D eigenvalue weighted by atomic mass is 19.4. The molecule has 1 amide bonds. The minimum atomic E-state index is -4.88. The Bertz CT molecular complexity index is 1520. The number of imidazole rings is 1. The lowest BCUT2D eigenvalue weighted by Gasteiger charge is -2.12. The van der Waals surface area contributed by atoms with Crippen molar-refractivity contribution < 1.29 is 31.5 Å². The molecule has 4 heterocycles. The number of rotatable bonds is 9. The summed E-state index contributed by atoms with van der Waals surface area (Å²) in [5, 5.41) is 12.1. The highest BCUT2D eigenvalue weighted by Gasteiger charge is 2.38. The summed E-state index contributed by atoms with van der Waals surface area (Å²) in [6.45, 7) is 3.24. The number of nitrogens with one attached hydrogen (secondary N) is 3. The zero-order valence-electron chi connectivity index (χ0n) is 24.2. The summed E-state index contributed by atoms with van der Waals surface area (Å²) in [6, 6.07) is 4.90. The molecule has 238 valence electrons. The van der Waals surface area contributed by atoms with Crippen LogP contribution in [0.25, 0.3) is 16.9 Å². The molecule has 44 heavy (non-hydrogen) atoms. The van der Waals surface area contributed by atoms with Gasteiger partial charge in [0.15, 0.2) is 17.2 Å².